The van der Waals surface area contributed by atoms with Crippen LogP contribution in [-0.4, -0.2) is 19.1 Å². The van der Waals surface area contributed by atoms with Crippen LogP contribution >= 0.6 is 0 Å². The predicted molar refractivity (Wildman–Crippen MR) is 63.8 cm³/mol. The summed E-state index contributed by atoms with van der Waals surface area (Å²) in [6, 6.07) is 3.26. The Balaban J connectivity index is 2.11. The maximum Gasteiger partial charge on any atom is 0.418 e. The Hall–Kier alpha value is -1.23. The van der Waals surface area contributed by atoms with Gasteiger partial charge in [0, 0.05) is 18.5 Å². The third-order valence-electron chi connectivity index (χ3n) is 3.83. The summed E-state index contributed by atoms with van der Waals surface area (Å²) < 4.78 is 39.1. The second-order valence-electron chi connectivity index (χ2n) is 5.12. The topological polar surface area (TPSA) is 24.1 Å². The summed E-state index contributed by atoms with van der Waals surface area (Å²) in [5.41, 5.74) is 1.27. The molecule has 98 valence electrons. The van der Waals surface area contributed by atoms with Crippen LogP contribution in [0.4, 0.5) is 18.9 Å². The van der Waals surface area contributed by atoms with Gasteiger partial charge in [0.05, 0.1) is 11.3 Å². The molecule has 0 unspecified atom stereocenters. The summed E-state index contributed by atoms with van der Waals surface area (Å²) in [5, 5.41) is 6.33. The molecule has 3 rings (SSSR count). The van der Waals surface area contributed by atoms with E-state index in [4.69, 9.17) is 0 Å². The normalized spacial score (nSPS) is 26.4. The number of nitrogens with one attached hydrogen (secondary N) is 2. The van der Waals surface area contributed by atoms with Gasteiger partial charge >= 0.3 is 6.18 Å². The minimum atomic E-state index is -4.29. The Bertz CT molecular complexity index is 482. The van der Waals surface area contributed by atoms with E-state index in [0.29, 0.717) is 11.3 Å². The van der Waals surface area contributed by atoms with Crippen molar-refractivity contribution in [2.24, 2.45) is 0 Å². The standard InChI is InChI=1S/C13H15F3N2/c1-7-4-8-9-6-17-3-2-11(9)18-12(8)10(5-7)13(14,15)16/h4-5,9,11,17-18H,2-3,6H2,1H3/t9-,11-/m1/s1. The molecule has 5 heteroatoms. The lowest BCUT2D eigenvalue weighted by atomic mass is 9.89. The molecule has 0 radical (unpaired) electrons. The van der Waals surface area contributed by atoms with Crippen molar-refractivity contribution in [3.05, 3.63) is 28.8 Å². The highest BCUT2D eigenvalue weighted by atomic mass is 19.4. The number of alkyl halides is 3. The van der Waals surface area contributed by atoms with Crippen LogP contribution in [0.5, 0.6) is 0 Å². The van der Waals surface area contributed by atoms with Crippen LogP contribution in [0.25, 0.3) is 0 Å². The molecular formula is C13H15F3N2. The first-order valence-corrected chi connectivity index (χ1v) is 6.16. The monoisotopic (exact) mass is 256 g/mol. The third kappa shape index (κ3) is 1.77. The Kier molecular flexibility index (Phi) is 2.55. The molecule has 1 saturated heterocycles. The average Bonchev–Trinajstić information content (AvgIpc) is 2.65. The number of halogens is 3. The van der Waals surface area contributed by atoms with E-state index < -0.39 is 11.7 Å². The van der Waals surface area contributed by atoms with Gasteiger partial charge in [-0.3, -0.25) is 0 Å². The quantitative estimate of drug-likeness (QED) is 0.746. The van der Waals surface area contributed by atoms with E-state index in [1.54, 1.807) is 6.92 Å². The van der Waals surface area contributed by atoms with Gasteiger partial charge in [-0.25, -0.2) is 0 Å². The predicted octanol–water partition coefficient (Wildman–Crippen LogP) is 2.88. The Morgan fingerprint density at radius 3 is 2.78 bits per heavy atom. The van der Waals surface area contributed by atoms with Crippen molar-refractivity contribution in [2.75, 3.05) is 18.4 Å². The van der Waals surface area contributed by atoms with E-state index in [-0.39, 0.29) is 12.0 Å². The molecule has 1 aromatic rings. The lowest BCUT2D eigenvalue weighted by Gasteiger charge is -2.26. The van der Waals surface area contributed by atoms with Gasteiger partial charge in [-0.1, -0.05) is 11.6 Å². The van der Waals surface area contributed by atoms with Crippen LogP contribution in [0.2, 0.25) is 0 Å². The number of benzene rings is 1. The molecule has 0 bridgehead atoms. The molecule has 0 saturated carbocycles. The number of hydrogen-bond acceptors (Lipinski definition) is 2. The van der Waals surface area contributed by atoms with E-state index in [2.05, 4.69) is 10.6 Å². The van der Waals surface area contributed by atoms with Crippen LogP contribution in [0.1, 0.15) is 29.0 Å². The first kappa shape index (κ1) is 11.8. The molecule has 0 amide bonds. The van der Waals surface area contributed by atoms with Gasteiger partial charge in [-0.05, 0) is 31.5 Å². The van der Waals surface area contributed by atoms with Crippen molar-refractivity contribution in [1.29, 1.82) is 0 Å². The molecule has 1 aromatic carbocycles. The van der Waals surface area contributed by atoms with Crippen LogP contribution in [0, 0.1) is 6.92 Å². The molecule has 2 atom stereocenters. The van der Waals surface area contributed by atoms with Crippen molar-refractivity contribution < 1.29 is 13.2 Å². The number of hydrogen-bond donors (Lipinski definition) is 2. The fraction of sp³-hybridized carbons (Fsp3) is 0.538. The van der Waals surface area contributed by atoms with Crippen molar-refractivity contribution in [1.82, 2.24) is 5.32 Å². The summed E-state index contributed by atoms with van der Waals surface area (Å²) in [7, 11) is 0. The molecule has 0 spiro atoms. The summed E-state index contributed by atoms with van der Waals surface area (Å²) in [6.07, 6.45) is -3.42. The average molecular weight is 256 g/mol. The smallest absolute Gasteiger partial charge is 0.381 e. The summed E-state index contributed by atoms with van der Waals surface area (Å²) in [4.78, 5) is 0. The van der Waals surface area contributed by atoms with Gasteiger partial charge in [0.25, 0.3) is 0 Å². The van der Waals surface area contributed by atoms with Crippen molar-refractivity contribution >= 4 is 5.69 Å². The van der Waals surface area contributed by atoms with E-state index in [1.165, 1.54) is 6.07 Å². The van der Waals surface area contributed by atoms with Crippen molar-refractivity contribution in [3.8, 4) is 0 Å². The van der Waals surface area contributed by atoms with Crippen LogP contribution in [0.3, 0.4) is 0 Å². The first-order chi connectivity index (χ1) is 8.47. The maximum absolute atomic E-state index is 13.0. The van der Waals surface area contributed by atoms with Gasteiger partial charge < -0.3 is 10.6 Å². The lowest BCUT2D eigenvalue weighted by molar-refractivity contribution is -0.137. The number of fused-ring (bicyclic) bond motifs is 3. The molecule has 0 aromatic heterocycles. The zero-order valence-electron chi connectivity index (χ0n) is 10.1. The lowest BCUT2D eigenvalue weighted by Crippen LogP contribution is -2.38. The zero-order valence-corrected chi connectivity index (χ0v) is 10.1. The SMILES string of the molecule is Cc1cc2c(c(C(F)(F)F)c1)N[C@@H]1CCNC[C@H]21. The minimum Gasteiger partial charge on any atom is -0.381 e. The highest BCUT2D eigenvalue weighted by Gasteiger charge is 2.41. The largest absolute Gasteiger partial charge is 0.418 e. The third-order valence-corrected chi connectivity index (χ3v) is 3.83. The van der Waals surface area contributed by atoms with Crippen LogP contribution in [-0.2, 0) is 6.18 Å². The molecule has 0 aliphatic carbocycles. The summed E-state index contributed by atoms with van der Waals surface area (Å²) in [6.45, 7) is 3.34. The molecule has 2 N–H and O–H groups in total. The number of piperidine rings is 1. The fourth-order valence-corrected chi connectivity index (χ4v) is 3.03. The molecular weight excluding hydrogens is 241 g/mol. The Labute approximate surface area is 104 Å². The van der Waals surface area contributed by atoms with Crippen molar-refractivity contribution in [2.45, 2.75) is 31.5 Å². The van der Waals surface area contributed by atoms with E-state index in [1.807, 2.05) is 6.07 Å². The fourth-order valence-electron chi connectivity index (χ4n) is 3.03. The number of rotatable bonds is 0. The molecule has 18 heavy (non-hydrogen) atoms. The number of anilines is 1. The zero-order chi connectivity index (χ0) is 12.9. The van der Waals surface area contributed by atoms with E-state index in [0.717, 1.165) is 25.1 Å². The summed E-state index contributed by atoms with van der Waals surface area (Å²) >= 11 is 0. The molecule has 2 nitrogen and oxygen atoms in total. The Morgan fingerprint density at radius 2 is 2.06 bits per heavy atom. The number of aryl methyl sites for hydroxylation is 1. The van der Waals surface area contributed by atoms with Gasteiger partial charge in [0.15, 0.2) is 0 Å². The van der Waals surface area contributed by atoms with Crippen LogP contribution in [0.15, 0.2) is 12.1 Å². The van der Waals surface area contributed by atoms with Crippen molar-refractivity contribution in [3.63, 3.8) is 0 Å². The second kappa shape index (κ2) is 3.88. The minimum absolute atomic E-state index is 0.143. The summed E-state index contributed by atoms with van der Waals surface area (Å²) in [5.74, 6) is 0.162. The first-order valence-electron chi connectivity index (χ1n) is 6.16. The highest BCUT2D eigenvalue weighted by molar-refractivity contribution is 5.66. The molecule has 2 aliphatic heterocycles. The van der Waals surface area contributed by atoms with Gasteiger partial charge in [-0.15, -0.1) is 0 Å². The molecule has 2 heterocycles. The maximum atomic E-state index is 13.0. The van der Waals surface area contributed by atoms with Gasteiger partial charge in [0.2, 0.25) is 0 Å². The van der Waals surface area contributed by atoms with E-state index >= 15 is 0 Å². The van der Waals surface area contributed by atoms with Crippen LogP contribution < -0.4 is 10.6 Å². The molecule has 2 aliphatic rings. The van der Waals surface area contributed by atoms with E-state index in [9.17, 15) is 13.2 Å². The van der Waals surface area contributed by atoms with Gasteiger partial charge in [-0.2, -0.15) is 13.2 Å². The van der Waals surface area contributed by atoms with Gasteiger partial charge in [0.1, 0.15) is 0 Å². The highest BCUT2D eigenvalue weighted by Crippen LogP contribution is 2.46. The Morgan fingerprint density at radius 1 is 1.28 bits per heavy atom. The molecule has 1 fully saturated rings. The second-order valence-corrected chi connectivity index (χ2v) is 5.12.